The summed E-state index contributed by atoms with van der Waals surface area (Å²) >= 11 is 6.05. The molecule has 0 spiro atoms. The number of carbonyl (C=O) groups excluding carboxylic acids is 2. The van der Waals surface area contributed by atoms with E-state index in [0.717, 1.165) is 19.3 Å². The molecule has 0 radical (unpaired) electrons. The van der Waals surface area contributed by atoms with Crippen LogP contribution in [0.2, 0.25) is 5.02 Å². The first kappa shape index (κ1) is 22.7. The van der Waals surface area contributed by atoms with Crippen LogP contribution in [0, 0.1) is 0 Å². The first-order valence-corrected chi connectivity index (χ1v) is 10.5. The lowest BCUT2D eigenvalue weighted by Gasteiger charge is -2.10. The molecule has 158 valence electrons. The largest absolute Gasteiger partial charge is 0.506 e. The molecule has 1 aromatic carbocycles. The number of halogens is 1. The van der Waals surface area contributed by atoms with Gasteiger partial charge < -0.3 is 10.1 Å². The molecule has 0 unspecified atom stereocenters. The maximum absolute atomic E-state index is 12.3. The van der Waals surface area contributed by atoms with Gasteiger partial charge in [-0.25, -0.2) is 0 Å². The molecule has 2 amide bonds. The van der Waals surface area contributed by atoms with Crippen LogP contribution < -0.4 is 16.4 Å². The molecule has 0 aliphatic heterocycles. The number of rotatable bonds is 10. The van der Waals surface area contributed by atoms with Crippen molar-refractivity contribution in [2.24, 2.45) is 0 Å². The van der Waals surface area contributed by atoms with E-state index in [1.807, 2.05) is 0 Å². The van der Waals surface area contributed by atoms with E-state index in [-0.39, 0.29) is 22.7 Å². The number of H-pyrrole nitrogens is 1. The average Bonchev–Trinajstić information content (AvgIpc) is 2.68. The molecule has 8 heteroatoms. The van der Waals surface area contributed by atoms with Crippen molar-refractivity contribution in [3.8, 4) is 5.75 Å². The third kappa shape index (κ3) is 6.49. The number of fused-ring (bicyclic) bond motifs is 1. The Morgan fingerprint density at radius 3 is 2.38 bits per heavy atom. The predicted molar refractivity (Wildman–Crippen MR) is 114 cm³/mol. The highest BCUT2D eigenvalue weighted by atomic mass is 35.5. The lowest BCUT2D eigenvalue weighted by Crippen LogP contribution is -2.43. The Labute approximate surface area is 174 Å². The van der Waals surface area contributed by atoms with Gasteiger partial charge in [-0.15, -0.1) is 0 Å². The number of hydrogen-bond acceptors (Lipinski definition) is 4. The van der Waals surface area contributed by atoms with Gasteiger partial charge in [0.25, 0.3) is 11.5 Å². The minimum atomic E-state index is -0.908. The van der Waals surface area contributed by atoms with Crippen LogP contribution in [0.5, 0.6) is 5.75 Å². The monoisotopic (exact) mass is 421 g/mol. The van der Waals surface area contributed by atoms with Crippen LogP contribution in [0.3, 0.4) is 0 Å². The second kappa shape index (κ2) is 11.5. The number of unbranched alkanes of at least 4 members (excludes halogenated alkanes) is 7. The van der Waals surface area contributed by atoms with Crippen molar-refractivity contribution in [1.82, 2.24) is 15.8 Å². The van der Waals surface area contributed by atoms with Crippen molar-refractivity contribution in [2.75, 3.05) is 0 Å². The third-order valence-electron chi connectivity index (χ3n) is 4.76. The Balaban J connectivity index is 1.83. The van der Waals surface area contributed by atoms with Crippen LogP contribution in [-0.2, 0) is 4.79 Å². The zero-order valence-corrected chi connectivity index (χ0v) is 17.4. The van der Waals surface area contributed by atoms with Gasteiger partial charge in [-0.1, -0.05) is 69.5 Å². The van der Waals surface area contributed by atoms with Crippen molar-refractivity contribution in [2.45, 2.75) is 64.7 Å². The summed E-state index contributed by atoms with van der Waals surface area (Å²) in [5.41, 5.74) is 3.50. The van der Waals surface area contributed by atoms with Crippen LogP contribution in [0.4, 0.5) is 0 Å². The summed E-state index contributed by atoms with van der Waals surface area (Å²) in [4.78, 5) is 38.9. The van der Waals surface area contributed by atoms with E-state index in [4.69, 9.17) is 11.6 Å². The van der Waals surface area contributed by atoms with Crippen molar-refractivity contribution in [3.63, 3.8) is 0 Å². The molecular formula is C21H28ClN3O4. The Kier molecular flexibility index (Phi) is 8.99. The molecule has 0 saturated heterocycles. The first-order chi connectivity index (χ1) is 14.0. The number of carbonyl (C=O) groups is 2. The highest BCUT2D eigenvalue weighted by Gasteiger charge is 2.20. The highest BCUT2D eigenvalue weighted by Crippen LogP contribution is 2.31. The van der Waals surface area contributed by atoms with Crippen LogP contribution in [0.25, 0.3) is 10.9 Å². The SMILES string of the molecule is CCCCCCCCCCC(=O)NNC(=O)c1c(O)c2c(Cl)cccc2[nH]c1=O. The average molecular weight is 422 g/mol. The number of nitrogens with one attached hydrogen (secondary N) is 3. The molecule has 2 aromatic rings. The number of aromatic nitrogens is 1. The predicted octanol–water partition coefficient (Wildman–Crippen LogP) is 4.18. The van der Waals surface area contributed by atoms with E-state index < -0.39 is 22.8 Å². The van der Waals surface area contributed by atoms with Gasteiger partial charge in [0.15, 0.2) is 0 Å². The Hall–Kier alpha value is -2.54. The van der Waals surface area contributed by atoms with E-state index >= 15 is 0 Å². The molecule has 0 fully saturated rings. The third-order valence-corrected chi connectivity index (χ3v) is 5.08. The van der Waals surface area contributed by atoms with Gasteiger partial charge in [0.2, 0.25) is 5.91 Å². The number of hydrazine groups is 1. The van der Waals surface area contributed by atoms with Crippen LogP contribution >= 0.6 is 11.6 Å². The molecule has 1 heterocycles. The molecule has 0 bridgehead atoms. The van der Waals surface area contributed by atoms with Crippen molar-refractivity contribution >= 4 is 34.3 Å². The van der Waals surface area contributed by atoms with Gasteiger partial charge in [0.05, 0.1) is 15.9 Å². The van der Waals surface area contributed by atoms with Crippen LogP contribution in [-0.4, -0.2) is 21.9 Å². The molecule has 29 heavy (non-hydrogen) atoms. The molecule has 2 rings (SSSR count). The minimum Gasteiger partial charge on any atom is -0.506 e. The summed E-state index contributed by atoms with van der Waals surface area (Å²) in [6.07, 6.45) is 9.20. The Morgan fingerprint density at radius 1 is 1.03 bits per heavy atom. The number of pyridine rings is 1. The van der Waals surface area contributed by atoms with Gasteiger partial charge >= 0.3 is 0 Å². The molecular weight excluding hydrogens is 394 g/mol. The second-order valence-electron chi connectivity index (χ2n) is 7.07. The maximum Gasteiger partial charge on any atom is 0.279 e. The molecule has 0 saturated carbocycles. The summed E-state index contributed by atoms with van der Waals surface area (Å²) in [6.45, 7) is 2.18. The van der Waals surface area contributed by atoms with Crippen LogP contribution in [0.15, 0.2) is 23.0 Å². The van der Waals surface area contributed by atoms with Gasteiger partial charge in [-0.3, -0.25) is 25.2 Å². The number of benzene rings is 1. The number of aromatic amines is 1. The molecule has 7 nitrogen and oxygen atoms in total. The molecule has 0 aliphatic carbocycles. The van der Waals surface area contributed by atoms with Gasteiger partial charge in [0.1, 0.15) is 11.3 Å². The zero-order valence-electron chi connectivity index (χ0n) is 16.6. The standard InChI is InChI=1S/C21H28ClN3O4/c1-2-3-4-5-6-7-8-9-13-16(26)24-25-21(29)18-19(27)17-14(22)11-10-12-15(17)23-20(18)28/h10-12H,2-9,13H2,1H3,(H,24,26)(H,25,29)(H2,23,27,28). The van der Waals surface area contributed by atoms with Crippen LogP contribution in [0.1, 0.15) is 75.1 Å². The summed E-state index contributed by atoms with van der Waals surface area (Å²) in [5, 5.41) is 10.7. The van der Waals surface area contributed by atoms with E-state index in [1.54, 1.807) is 12.1 Å². The number of aromatic hydroxyl groups is 1. The lowest BCUT2D eigenvalue weighted by molar-refractivity contribution is -0.122. The lowest BCUT2D eigenvalue weighted by atomic mass is 10.1. The summed E-state index contributed by atoms with van der Waals surface area (Å²) in [7, 11) is 0. The topological polar surface area (TPSA) is 111 Å². The number of hydrogen-bond donors (Lipinski definition) is 4. The van der Waals surface area contributed by atoms with E-state index in [1.165, 1.54) is 38.2 Å². The molecule has 0 aliphatic rings. The summed E-state index contributed by atoms with van der Waals surface area (Å²) in [5.74, 6) is -1.78. The van der Waals surface area contributed by atoms with E-state index in [2.05, 4.69) is 22.8 Å². The Morgan fingerprint density at radius 2 is 1.69 bits per heavy atom. The highest BCUT2D eigenvalue weighted by molar-refractivity contribution is 6.36. The normalized spacial score (nSPS) is 10.8. The van der Waals surface area contributed by atoms with Gasteiger partial charge in [-0.2, -0.15) is 0 Å². The smallest absolute Gasteiger partial charge is 0.279 e. The summed E-state index contributed by atoms with van der Waals surface area (Å²) in [6, 6.07) is 4.72. The first-order valence-electron chi connectivity index (χ1n) is 10.1. The van der Waals surface area contributed by atoms with Gasteiger partial charge in [0, 0.05) is 6.42 Å². The molecule has 1 aromatic heterocycles. The molecule has 0 atom stereocenters. The fourth-order valence-corrected chi connectivity index (χ4v) is 3.43. The fourth-order valence-electron chi connectivity index (χ4n) is 3.17. The quantitative estimate of drug-likeness (QED) is 0.340. The minimum absolute atomic E-state index is 0.171. The van der Waals surface area contributed by atoms with Crippen molar-refractivity contribution < 1.29 is 14.7 Å². The number of amides is 2. The molecule has 4 N–H and O–H groups in total. The van der Waals surface area contributed by atoms with Crippen molar-refractivity contribution in [3.05, 3.63) is 39.1 Å². The maximum atomic E-state index is 12.3. The fraction of sp³-hybridized carbons (Fsp3) is 0.476. The van der Waals surface area contributed by atoms with E-state index in [0.29, 0.717) is 5.52 Å². The van der Waals surface area contributed by atoms with E-state index in [9.17, 15) is 19.5 Å². The van der Waals surface area contributed by atoms with Gasteiger partial charge in [-0.05, 0) is 18.6 Å². The second-order valence-corrected chi connectivity index (χ2v) is 7.47. The summed E-state index contributed by atoms with van der Waals surface area (Å²) < 4.78 is 0. The Bertz CT molecular complexity index is 911. The zero-order chi connectivity index (χ0) is 21.2. The van der Waals surface area contributed by atoms with Crippen molar-refractivity contribution in [1.29, 1.82) is 0 Å².